The van der Waals surface area contributed by atoms with E-state index < -0.39 is 0 Å². The number of rotatable bonds is 7. The molecule has 18 heavy (non-hydrogen) atoms. The van der Waals surface area contributed by atoms with E-state index in [2.05, 4.69) is 27.9 Å². The third kappa shape index (κ3) is 4.71. The fraction of sp³-hybridized carbons (Fsp3) is 0.417. The van der Waals surface area contributed by atoms with Crippen LogP contribution >= 0.6 is 31.4 Å². The van der Waals surface area contributed by atoms with E-state index >= 15 is 0 Å². The zero-order valence-corrected chi connectivity index (χ0v) is 13.4. The highest BCUT2D eigenvalue weighted by Gasteiger charge is 2.08. The normalized spacial score (nSPS) is 10.8. The first-order chi connectivity index (χ1) is 8.72. The largest absolute Gasteiger partial charge is 0.496 e. The van der Waals surface area contributed by atoms with Crippen molar-refractivity contribution < 1.29 is 14.4 Å². The maximum atomic E-state index is 11.9. The van der Waals surface area contributed by atoms with Crippen LogP contribution in [0.15, 0.2) is 18.2 Å². The van der Waals surface area contributed by atoms with E-state index in [0.717, 1.165) is 28.3 Å². The van der Waals surface area contributed by atoms with Crippen molar-refractivity contribution in [3.8, 4) is 5.75 Å². The lowest BCUT2D eigenvalue weighted by Gasteiger charge is -2.09. The summed E-state index contributed by atoms with van der Waals surface area (Å²) in [4.78, 5) is 20.5. The summed E-state index contributed by atoms with van der Waals surface area (Å²) in [5.41, 5.74) is 1.66. The van der Waals surface area contributed by atoms with Crippen LogP contribution in [0.3, 0.4) is 0 Å². The number of methoxy groups -OCH3 is 1. The summed E-state index contributed by atoms with van der Waals surface area (Å²) in [6, 6.07) is 5.43. The van der Waals surface area contributed by atoms with Gasteiger partial charge in [-0.05, 0) is 30.8 Å². The average Bonchev–Trinajstić information content (AvgIpc) is 2.42. The molecule has 4 nitrogen and oxygen atoms in total. The molecule has 0 fully saturated rings. The van der Waals surface area contributed by atoms with Crippen molar-refractivity contribution >= 4 is 37.3 Å². The molecule has 1 atom stereocenters. The van der Waals surface area contributed by atoms with Crippen LogP contribution in [-0.4, -0.2) is 30.6 Å². The molecule has 0 aliphatic carbocycles. The molecule has 0 aromatic heterocycles. The maximum Gasteiger partial charge on any atom is 0.251 e. The molecule has 2 N–H and O–H groups in total. The van der Waals surface area contributed by atoms with Crippen LogP contribution < -0.4 is 10.1 Å². The Hall–Kier alpha value is -0.390. The second-order valence-corrected chi connectivity index (χ2v) is 5.26. The summed E-state index contributed by atoms with van der Waals surface area (Å²) in [6.45, 7) is 0.595. The van der Waals surface area contributed by atoms with E-state index in [-0.39, 0.29) is 14.7 Å². The van der Waals surface area contributed by atoms with Crippen LogP contribution in [-0.2, 0) is 4.43 Å². The van der Waals surface area contributed by atoms with E-state index in [1.54, 1.807) is 13.2 Å². The molecule has 6 heteroatoms. The minimum atomic E-state index is -0.0787. The first kappa shape index (κ1) is 15.7. The van der Waals surface area contributed by atoms with Crippen LogP contribution in [0.1, 0.15) is 22.3 Å². The van der Waals surface area contributed by atoms with Gasteiger partial charge in [0.05, 0.1) is 7.11 Å². The first-order valence-corrected chi connectivity index (χ1v) is 8.29. The minimum Gasteiger partial charge on any atom is -0.496 e. The van der Waals surface area contributed by atoms with Gasteiger partial charge in [0, 0.05) is 30.9 Å². The fourth-order valence-electron chi connectivity index (χ4n) is 1.50. The number of hydrogen-bond acceptors (Lipinski definition) is 3. The molecule has 1 aromatic rings. The number of amides is 1. The molecular formula is C12H17INO3P. The Labute approximate surface area is 123 Å². The molecular weight excluding hydrogens is 364 g/mol. The van der Waals surface area contributed by atoms with Gasteiger partial charge < -0.3 is 14.9 Å². The number of nitrogens with one attached hydrogen (secondary N) is 1. The lowest BCUT2D eigenvalue weighted by atomic mass is 10.1. The van der Waals surface area contributed by atoms with Crippen molar-refractivity contribution in [3.63, 3.8) is 0 Å². The molecule has 0 aliphatic heterocycles. The van der Waals surface area contributed by atoms with Gasteiger partial charge in [-0.3, -0.25) is 4.79 Å². The third-order valence-electron chi connectivity index (χ3n) is 2.44. The molecule has 1 unspecified atom stereocenters. The third-order valence-corrected chi connectivity index (χ3v) is 3.84. The summed E-state index contributed by atoms with van der Waals surface area (Å²) in [6.07, 6.45) is 1.54. The van der Waals surface area contributed by atoms with Crippen LogP contribution in [0, 0.1) is 0 Å². The van der Waals surface area contributed by atoms with E-state index in [9.17, 15) is 4.79 Å². The van der Waals surface area contributed by atoms with Gasteiger partial charge in [0.1, 0.15) is 5.75 Å². The molecule has 0 saturated carbocycles. The Bertz CT molecular complexity index is 401. The second-order valence-electron chi connectivity index (χ2n) is 3.68. The molecule has 0 spiro atoms. The summed E-state index contributed by atoms with van der Waals surface area (Å²) >= 11 is 2.24. The molecule has 0 heterocycles. The highest BCUT2D eigenvalue weighted by Crippen LogP contribution is 2.22. The predicted octanol–water partition coefficient (Wildman–Crippen LogP) is 2.34. The Morgan fingerprint density at radius 3 is 2.94 bits per heavy atom. The molecule has 0 aliphatic rings. The molecule has 1 aromatic carbocycles. The Morgan fingerprint density at radius 1 is 1.56 bits per heavy atom. The quantitative estimate of drug-likeness (QED) is 0.330. The van der Waals surface area contributed by atoms with Crippen molar-refractivity contribution in [1.82, 2.24) is 5.32 Å². The van der Waals surface area contributed by atoms with Crippen LogP contribution in [0.5, 0.6) is 5.75 Å². The van der Waals surface area contributed by atoms with Gasteiger partial charge in [0.15, 0.2) is 0 Å². The monoisotopic (exact) mass is 381 g/mol. The zero-order chi connectivity index (χ0) is 13.4. The van der Waals surface area contributed by atoms with Crippen molar-refractivity contribution in [1.29, 1.82) is 0 Å². The molecule has 0 saturated heterocycles. The molecule has 1 amide bonds. The number of hydrogen-bond donors (Lipinski definition) is 2. The maximum absolute atomic E-state index is 11.9. The highest BCUT2D eigenvalue weighted by atomic mass is 127. The van der Waals surface area contributed by atoms with Gasteiger partial charge in [-0.2, -0.15) is 0 Å². The summed E-state index contributed by atoms with van der Waals surface area (Å²) in [7, 11) is 1.58. The summed E-state index contributed by atoms with van der Waals surface area (Å²) in [5, 5.41) is 2.83. The van der Waals surface area contributed by atoms with Gasteiger partial charge >= 0.3 is 0 Å². The molecule has 0 radical (unpaired) electrons. The van der Waals surface area contributed by atoms with Gasteiger partial charge in [0.2, 0.25) is 0 Å². The van der Waals surface area contributed by atoms with Gasteiger partial charge in [0.25, 0.3) is 5.91 Å². The van der Waals surface area contributed by atoms with Gasteiger partial charge in [-0.25, -0.2) is 0 Å². The summed E-state index contributed by atoms with van der Waals surface area (Å²) < 4.78 is 6.02. The number of ether oxygens (including phenoxy) is 1. The van der Waals surface area contributed by atoms with E-state index in [1.165, 1.54) is 0 Å². The minimum absolute atomic E-state index is 0.0450. The fourth-order valence-corrected chi connectivity index (χ4v) is 2.43. The lowest BCUT2D eigenvalue weighted by Crippen LogP contribution is -2.24. The van der Waals surface area contributed by atoms with Gasteiger partial charge in [-0.15, -0.1) is 0 Å². The SMILES string of the molecule is COc1ccc(C(=O)NCCCPO)cc1CI. The van der Waals surface area contributed by atoms with Crippen molar-refractivity contribution in [3.05, 3.63) is 29.3 Å². The lowest BCUT2D eigenvalue weighted by molar-refractivity contribution is 0.0953. The smallest absolute Gasteiger partial charge is 0.251 e. The summed E-state index contributed by atoms with van der Waals surface area (Å²) in [5.74, 6) is 0.729. The average molecular weight is 381 g/mol. The van der Waals surface area contributed by atoms with Crippen LogP contribution in [0.25, 0.3) is 0 Å². The topological polar surface area (TPSA) is 58.6 Å². The van der Waals surface area contributed by atoms with Gasteiger partial charge in [-0.1, -0.05) is 22.6 Å². The zero-order valence-electron chi connectivity index (χ0n) is 10.2. The predicted molar refractivity (Wildman–Crippen MR) is 83.1 cm³/mol. The van der Waals surface area contributed by atoms with E-state index in [4.69, 9.17) is 9.63 Å². The standard InChI is InChI=1S/C12H17INO3P/c1-17-11-4-3-9(7-10(11)8-13)12(15)14-5-2-6-18-16/h3-4,7,16,18H,2,5-6,8H2,1H3,(H,14,15). The Balaban J connectivity index is 2.62. The van der Waals surface area contributed by atoms with Crippen LogP contribution in [0.2, 0.25) is 0 Å². The number of carbonyl (C=O) groups is 1. The Morgan fingerprint density at radius 2 is 2.33 bits per heavy atom. The van der Waals surface area contributed by atoms with E-state index in [0.29, 0.717) is 12.1 Å². The van der Waals surface area contributed by atoms with Crippen LogP contribution in [0.4, 0.5) is 0 Å². The molecule has 1 rings (SSSR count). The number of benzene rings is 1. The molecule has 100 valence electrons. The number of alkyl halides is 1. The highest BCUT2D eigenvalue weighted by molar-refractivity contribution is 14.1. The van der Waals surface area contributed by atoms with Crippen molar-refractivity contribution in [2.45, 2.75) is 10.8 Å². The second kappa shape index (κ2) is 8.67. The molecule has 0 bridgehead atoms. The van der Waals surface area contributed by atoms with Crippen molar-refractivity contribution in [2.75, 3.05) is 19.8 Å². The van der Waals surface area contributed by atoms with Crippen molar-refractivity contribution in [2.24, 2.45) is 0 Å². The first-order valence-electron chi connectivity index (χ1n) is 5.61. The number of carbonyl (C=O) groups excluding carboxylic acids is 1. The number of halogens is 1. The Kier molecular flexibility index (Phi) is 7.54. The van der Waals surface area contributed by atoms with E-state index in [1.807, 2.05) is 12.1 Å².